The molecule has 0 atom stereocenters. The van der Waals surface area contributed by atoms with Crippen LogP contribution in [-0.2, 0) is 12.1 Å². The minimum atomic E-state index is -0.942. The maximum atomic E-state index is 12.6. The van der Waals surface area contributed by atoms with Gasteiger partial charge in [-0.05, 0) is 42.7 Å². The molecule has 29 heavy (non-hydrogen) atoms. The lowest BCUT2D eigenvalue weighted by Gasteiger charge is -2.42. The monoisotopic (exact) mass is 409 g/mol. The molecule has 3 heterocycles. The highest BCUT2D eigenvalue weighted by molar-refractivity contribution is 6.30. The lowest BCUT2D eigenvalue weighted by atomic mass is 9.67. The number of aliphatic hydroxyl groups is 1. The van der Waals surface area contributed by atoms with E-state index in [-0.39, 0.29) is 18.0 Å². The SMILES string of the molecule is O=c1c2cccnc2ncn1Cc1nc([C@H]2C[C@](O)(c3cccc(Cl)c3)C2)no1. The van der Waals surface area contributed by atoms with Gasteiger partial charge in [0.15, 0.2) is 11.5 Å². The Hall–Kier alpha value is -3.10. The lowest BCUT2D eigenvalue weighted by molar-refractivity contribution is -0.0573. The summed E-state index contributed by atoms with van der Waals surface area (Å²) < 4.78 is 6.73. The van der Waals surface area contributed by atoms with E-state index in [0.29, 0.717) is 40.6 Å². The highest BCUT2D eigenvalue weighted by Crippen LogP contribution is 2.50. The first-order valence-corrected chi connectivity index (χ1v) is 9.51. The van der Waals surface area contributed by atoms with Crippen molar-refractivity contribution in [3.63, 3.8) is 0 Å². The van der Waals surface area contributed by atoms with Crippen molar-refractivity contribution in [2.75, 3.05) is 0 Å². The number of hydrogen-bond acceptors (Lipinski definition) is 7. The zero-order valence-corrected chi connectivity index (χ0v) is 16.0. The van der Waals surface area contributed by atoms with E-state index in [1.54, 1.807) is 30.5 Å². The van der Waals surface area contributed by atoms with Crippen LogP contribution in [0.25, 0.3) is 11.0 Å². The number of rotatable bonds is 4. The van der Waals surface area contributed by atoms with Crippen LogP contribution in [0.2, 0.25) is 5.02 Å². The van der Waals surface area contributed by atoms with Gasteiger partial charge < -0.3 is 9.63 Å². The van der Waals surface area contributed by atoms with Crippen LogP contribution in [0.1, 0.15) is 36.0 Å². The molecule has 4 aromatic rings. The second-order valence-electron chi connectivity index (χ2n) is 7.25. The van der Waals surface area contributed by atoms with Crippen LogP contribution in [0.3, 0.4) is 0 Å². The van der Waals surface area contributed by atoms with Crippen LogP contribution >= 0.6 is 11.6 Å². The van der Waals surface area contributed by atoms with Crippen molar-refractivity contribution in [1.82, 2.24) is 24.7 Å². The van der Waals surface area contributed by atoms with E-state index in [0.717, 1.165) is 5.56 Å². The van der Waals surface area contributed by atoms with Gasteiger partial charge in [0.25, 0.3) is 5.56 Å². The van der Waals surface area contributed by atoms with E-state index in [4.69, 9.17) is 16.1 Å². The van der Waals surface area contributed by atoms with E-state index < -0.39 is 5.60 Å². The van der Waals surface area contributed by atoms with Gasteiger partial charge in [-0.2, -0.15) is 4.98 Å². The van der Waals surface area contributed by atoms with Crippen molar-refractivity contribution in [2.24, 2.45) is 0 Å². The molecule has 0 unspecified atom stereocenters. The molecular formula is C20H16ClN5O3. The average molecular weight is 410 g/mol. The fourth-order valence-corrected chi connectivity index (χ4v) is 3.90. The molecule has 0 spiro atoms. The highest BCUT2D eigenvalue weighted by Gasteiger charge is 2.46. The third-order valence-corrected chi connectivity index (χ3v) is 5.52. The van der Waals surface area contributed by atoms with Gasteiger partial charge in [0.2, 0.25) is 5.89 Å². The molecule has 0 radical (unpaired) electrons. The van der Waals surface area contributed by atoms with Crippen molar-refractivity contribution >= 4 is 22.6 Å². The highest BCUT2D eigenvalue weighted by atomic mass is 35.5. The van der Waals surface area contributed by atoms with E-state index in [2.05, 4.69) is 20.1 Å². The predicted octanol–water partition coefficient (Wildman–Crippen LogP) is 2.64. The van der Waals surface area contributed by atoms with Crippen molar-refractivity contribution in [2.45, 2.75) is 30.9 Å². The topological polar surface area (TPSA) is 107 Å². The summed E-state index contributed by atoms with van der Waals surface area (Å²) in [6.07, 6.45) is 3.97. The molecule has 1 saturated carbocycles. The first-order valence-electron chi connectivity index (χ1n) is 9.13. The maximum Gasteiger partial charge on any atom is 0.263 e. The molecule has 1 aromatic carbocycles. The van der Waals surface area contributed by atoms with Crippen molar-refractivity contribution in [3.05, 3.63) is 81.6 Å². The Labute approximate surface area is 169 Å². The second-order valence-corrected chi connectivity index (χ2v) is 7.68. The summed E-state index contributed by atoms with van der Waals surface area (Å²) in [5.74, 6) is 0.813. The summed E-state index contributed by atoms with van der Waals surface area (Å²) in [7, 11) is 0. The van der Waals surface area contributed by atoms with Crippen molar-refractivity contribution in [3.8, 4) is 0 Å². The van der Waals surface area contributed by atoms with Gasteiger partial charge in [-0.15, -0.1) is 0 Å². The fourth-order valence-electron chi connectivity index (χ4n) is 3.71. The number of benzene rings is 1. The van der Waals surface area contributed by atoms with Gasteiger partial charge in [-0.25, -0.2) is 9.97 Å². The summed E-state index contributed by atoms with van der Waals surface area (Å²) in [4.78, 5) is 25.2. The first kappa shape index (κ1) is 18.0. The van der Waals surface area contributed by atoms with Crippen LogP contribution < -0.4 is 5.56 Å². The number of aromatic nitrogens is 5. The van der Waals surface area contributed by atoms with Gasteiger partial charge in [-0.3, -0.25) is 9.36 Å². The van der Waals surface area contributed by atoms with Crippen LogP contribution in [0.15, 0.2) is 58.2 Å². The fraction of sp³-hybridized carbons (Fsp3) is 0.250. The normalized spacial score (nSPS) is 21.2. The summed E-state index contributed by atoms with van der Waals surface area (Å²) in [5.41, 5.74) is 0.0201. The summed E-state index contributed by atoms with van der Waals surface area (Å²) in [6, 6.07) is 10.6. The third-order valence-electron chi connectivity index (χ3n) is 5.28. The Balaban J connectivity index is 1.32. The minimum absolute atomic E-state index is 0.0212. The van der Waals surface area contributed by atoms with Crippen LogP contribution in [0, 0.1) is 0 Å². The molecule has 1 fully saturated rings. The van der Waals surface area contributed by atoms with E-state index in [9.17, 15) is 9.90 Å². The largest absolute Gasteiger partial charge is 0.385 e. The molecule has 3 aromatic heterocycles. The molecule has 1 aliphatic carbocycles. The number of halogens is 1. The molecule has 9 heteroatoms. The van der Waals surface area contributed by atoms with Crippen LogP contribution in [0.5, 0.6) is 0 Å². The average Bonchev–Trinajstić information content (AvgIpc) is 3.16. The quantitative estimate of drug-likeness (QED) is 0.552. The number of fused-ring (bicyclic) bond motifs is 1. The van der Waals surface area contributed by atoms with Gasteiger partial charge in [0.05, 0.1) is 11.0 Å². The van der Waals surface area contributed by atoms with E-state index in [1.807, 2.05) is 12.1 Å². The Bertz CT molecular complexity index is 1260. The summed E-state index contributed by atoms with van der Waals surface area (Å²) in [5, 5.41) is 15.9. The minimum Gasteiger partial charge on any atom is -0.385 e. The number of nitrogens with zero attached hydrogens (tertiary/aromatic N) is 5. The molecule has 146 valence electrons. The molecule has 0 bridgehead atoms. The second kappa shape index (κ2) is 6.75. The standard InChI is InChI=1S/C20H16ClN5O3/c21-14-4-1-3-13(7-14)20(28)8-12(9-20)17-24-16(29-25-17)10-26-11-23-18-15(19(26)27)5-2-6-22-18/h1-7,11-12,28H,8-10H2/t12-,20+. The summed E-state index contributed by atoms with van der Waals surface area (Å²) in [6.45, 7) is 0.120. The molecule has 0 saturated heterocycles. The zero-order chi connectivity index (χ0) is 20.0. The molecule has 1 aliphatic rings. The van der Waals surface area contributed by atoms with Gasteiger partial charge in [0.1, 0.15) is 12.9 Å². The molecule has 0 amide bonds. The van der Waals surface area contributed by atoms with Crippen molar-refractivity contribution < 1.29 is 9.63 Å². The van der Waals surface area contributed by atoms with Gasteiger partial charge in [-0.1, -0.05) is 28.9 Å². The maximum absolute atomic E-state index is 12.6. The Morgan fingerprint density at radius 1 is 1.24 bits per heavy atom. The van der Waals surface area contributed by atoms with Crippen molar-refractivity contribution in [1.29, 1.82) is 0 Å². The molecule has 8 nitrogen and oxygen atoms in total. The molecular weight excluding hydrogens is 394 g/mol. The molecule has 5 rings (SSSR count). The lowest BCUT2D eigenvalue weighted by Crippen LogP contribution is -2.40. The number of hydrogen-bond donors (Lipinski definition) is 1. The Kier molecular flexibility index (Phi) is 4.18. The Morgan fingerprint density at radius 2 is 2.10 bits per heavy atom. The van der Waals surface area contributed by atoms with E-state index in [1.165, 1.54) is 10.9 Å². The molecule has 0 aliphatic heterocycles. The Morgan fingerprint density at radius 3 is 2.93 bits per heavy atom. The van der Waals surface area contributed by atoms with Crippen LogP contribution in [0.4, 0.5) is 0 Å². The van der Waals surface area contributed by atoms with Gasteiger partial charge >= 0.3 is 0 Å². The first-order chi connectivity index (χ1) is 14.0. The predicted molar refractivity (Wildman–Crippen MR) is 105 cm³/mol. The smallest absolute Gasteiger partial charge is 0.263 e. The van der Waals surface area contributed by atoms with Gasteiger partial charge in [0, 0.05) is 17.1 Å². The number of pyridine rings is 1. The third kappa shape index (κ3) is 3.20. The molecule has 1 N–H and O–H groups in total. The zero-order valence-electron chi connectivity index (χ0n) is 15.2. The van der Waals surface area contributed by atoms with Crippen LogP contribution in [-0.4, -0.2) is 29.8 Å². The van der Waals surface area contributed by atoms with E-state index >= 15 is 0 Å². The summed E-state index contributed by atoms with van der Waals surface area (Å²) >= 11 is 6.03.